The molecule has 0 radical (unpaired) electrons. The molecule has 0 spiro atoms. The first-order valence-electron chi connectivity index (χ1n) is 7.51. The number of aromatic nitrogens is 1. The molecule has 2 rings (SSSR count). The molecular formula is C15H25N3O2S. The molecule has 1 aliphatic rings. The Bertz CT molecular complexity index is 483. The summed E-state index contributed by atoms with van der Waals surface area (Å²) in [5.41, 5.74) is 1.02. The third-order valence-corrected chi connectivity index (χ3v) is 5.21. The second-order valence-corrected chi connectivity index (χ2v) is 6.86. The highest BCUT2D eigenvalue weighted by molar-refractivity contribution is 7.11. The summed E-state index contributed by atoms with van der Waals surface area (Å²) in [6.45, 7) is 8.02. The van der Waals surface area contributed by atoms with E-state index in [0.717, 1.165) is 36.7 Å². The topological polar surface area (TPSA) is 54.5 Å². The van der Waals surface area contributed by atoms with E-state index in [9.17, 15) is 4.79 Å². The van der Waals surface area contributed by atoms with Gasteiger partial charge in [-0.25, -0.2) is 4.98 Å². The fourth-order valence-corrected chi connectivity index (χ4v) is 3.62. The summed E-state index contributed by atoms with van der Waals surface area (Å²) in [6.07, 6.45) is 2.49. The van der Waals surface area contributed by atoms with Crippen LogP contribution in [0.15, 0.2) is 0 Å². The lowest BCUT2D eigenvalue weighted by Crippen LogP contribution is -2.39. The van der Waals surface area contributed by atoms with Crippen LogP contribution < -0.4 is 5.32 Å². The monoisotopic (exact) mass is 311 g/mol. The van der Waals surface area contributed by atoms with Gasteiger partial charge < -0.3 is 15.0 Å². The van der Waals surface area contributed by atoms with Crippen LogP contribution in [0.5, 0.6) is 0 Å². The predicted octanol–water partition coefficient (Wildman–Crippen LogP) is 2.05. The van der Waals surface area contributed by atoms with Gasteiger partial charge in [-0.15, -0.1) is 11.3 Å². The fourth-order valence-electron chi connectivity index (χ4n) is 2.60. The molecule has 2 heterocycles. The zero-order chi connectivity index (χ0) is 15.4. The Morgan fingerprint density at radius 2 is 2.33 bits per heavy atom. The maximum atomic E-state index is 12.3. The van der Waals surface area contributed by atoms with Gasteiger partial charge in [-0.2, -0.15) is 0 Å². The van der Waals surface area contributed by atoms with Crippen LogP contribution in [0.2, 0.25) is 0 Å². The van der Waals surface area contributed by atoms with Crippen molar-refractivity contribution in [1.29, 1.82) is 0 Å². The Kier molecular flexibility index (Phi) is 5.72. The van der Waals surface area contributed by atoms with Gasteiger partial charge in [-0.1, -0.05) is 0 Å². The smallest absolute Gasteiger partial charge is 0.236 e. The molecule has 118 valence electrons. The van der Waals surface area contributed by atoms with Crippen molar-refractivity contribution in [2.24, 2.45) is 0 Å². The maximum Gasteiger partial charge on any atom is 0.236 e. The van der Waals surface area contributed by atoms with Crippen molar-refractivity contribution in [3.8, 4) is 0 Å². The minimum atomic E-state index is 0.0632. The molecule has 1 aromatic rings. The van der Waals surface area contributed by atoms with Gasteiger partial charge in [0.25, 0.3) is 0 Å². The normalized spacial score (nSPS) is 19.7. The number of hydrogen-bond acceptors (Lipinski definition) is 5. The van der Waals surface area contributed by atoms with E-state index in [-0.39, 0.29) is 18.1 Å². The summed E-state index contributed by atoms with van der Waals surface area (Å²) in [5, 5.41) is 4.25. The third-order valence-electron chi connectivity index (χ3n) is 3.97. The maximum absolute atomic E-state index is 12.3. The van der Waals surface area contributed by atoms with Gasteiger partial charge in [-0.05, 0) is 33.6 Å². The Morgan fingerprint density at radius 1 is 1.57 bits per heavy atom. The summed E-state index contributed by atoms with van der Waals surface area (Å²) < 4.78 is 5.54. The summed E-state index contributed by atoms with van der Waals surface area (Å²) in [5.74, 6) is 0.103. The molecule has 1 saturated heterocycles. The Hall–Kier alpha value is -0.980. The summed E-state index contributed by atoms with van der Waals surface area (Å²) in [6, 6.07) is 0.0632. The molecule has 1 aromatic heterocycles. The number of likely N-dealkylation sites (N-methyl/N-ethyl adjacent to an activating group) is 1. The van der Waals surface area contributed by atoms with Gasteiger partial charge in [0.05, 0.1) is 29.4 Å². The minimum Gasteiger partial charge on any atom is -0.377 e. The first-order valence-corrected chi connectivity index (χ1v) is 8.32. The van der Waals surface area contributed by atoms with Crippen LogP contribution in [0.3, 0.4) is 0 Å². The van der Waals surface area contributed by atoms with E-state index in [0.29, 0.717) is 6.54 Å². The summed E-state index contributed by atoms with van der Waals surface area (Å²) in [4.78, 5) is 19.7. The number of nitrogens with one attached hydrogen (secondary N) is 1. The SMILES string of the molecule is Cc1nc(C)c([C@H](C)N(C)C(=O)CNC[C@H]2CCCO2)s1. The first-order chi connectivity index (χ1) is 9.99. The molecule has 0 bridgehead atoms. The zero-order valence-electron chi connectivity index (χ0n) is 13.3. The lowest BCUT2D eigenvalue weighted by molar-refractivity contribution is -0.130. The number of aryl methyl sites for hydroxylation is 2. The lowest BCUT2D eigenvalue weighted by atomic mass is 10.2. The largest absolute Gasteiger partial charge is 0.377 e. The van der Waals surface area contributed by atoms with Crippen LogP contribution in [-0.4, -0.2) is 48.6 Å². The van der Waals surface area contributed by atoms with Crippen LogP contribution in [0, 0.1) is 13.8 Å². The van der Waals surface area contributed by atoms with Gasteiger partial charge in [0.1, 0.15) is 0 Å². The number of amides is 1. The molecule has 1 fully saturated rings. The van der Waals surface area contributed by atoms with Crippen molar-refractivity contribution < 1.29 is 9.53 Å². The standard InChI is InChI=1S/C15H25N3O2S/c1-10-15(21-12(3)17-10)11(2)18(4)14(19)9-16-8-13-6-5-7-20-13/h11,13,16H,5-9H2,1-4H3/t11-,13+/m0/s1. The summed E-state index contributed by atoms with van der Waals surface area (Å²) >= 11 is 1.67. The highest BCUT2D eigenvalue weighted by atomic mass is 32.1. The summed E-state index contributed by atoms with van der Waals surface area (Å²) in [7, 11) is 1.86. The number of nitrogens with zero attached hydrogens (tertiary/aromatic N) is 2. The molecular weight excluding hydrogens is 286 g/mol. The second kappa shape index (κ2) is 7.33. The van der Waals surface area contributed by atoms with E-state index in [1.807, 2.05) is 20.9 Å². The fraction of sp³-hybridized carbons (Fsp3) is 0.733. The number of carbonyl (C=O) groups excluding carboxylic acids is 1. The highest BCUT2D eigenvalue weighted by Crippen LogP contribution is 2.28. The van der Waals surface area contributed by atoms with Crippen molar-refractivity contribution in [3.05, 3.63) is 15.6 Å². The van der Waals surface area contributed by atoms with Gasteiger partial charge >= 0.3 is 0 Å². The van der Waals surface area contributed by atoms with Crippen LogP contribution in [0.4, 0.5) is 0 Å². The Labute approximate surface area is 130 Å². The second-order valence-electron chi connectivity index (χ2n) is 5.63. The minimum absolute atomic E-state index is 0.0632. The third kappa shape index (κ3) is 4.25. The van der Waals surface area contributed by atoms with Crippen molar-refractivity contribution in [2.75, 3.05) is 26.7 Å². The number of thiazole rings is 1. The number of hydrogen-bond donors (Lipinski definition) is 1. The van der Waals surface area contributed by atoms with Crippen molar-refractivity contribution in [3.63, 3.8) is 0 Å². The van der Waals surface area contributed by atoms with E-state index in [1.54, 1.807) is 16.2 Å². The lowest BCUT2D eigenvalue weighted by Gasteiger charge is -2.25. The zero-order valence-corrected chi connectivity index (χ0v) is 14.1. The van der Waals surface area contributed by atoms with Gasteiger partial charge in [0.15, 0.2) is 0 Å². The molecule has 21 heavy (non-hydrogen) atoms. The van der Waals surface area contributed by atoms with Crippen molar-refractivity contribution in [2.45, 2.75) is 45.8 Å². The number of rotatable bonds is 6. The van der Waals surface area contributed by atoms with Gasteiger partial charge in [0.2, 0.25) is 5.91 Å². The Balaban J connectivity index is 1.82. The van der Waals surface area contributed by atoms with E-state index >= 15 is 0 Å². The van der Waals surface area contributed by atoms with Crippen molar-refractivity contribution in [1.82, 2.24) is 15.2 Å². The predicted molar refractivity (Wildman–Crippen MR) is 84.6 cm³/mol. The molecule has 0 saturated carbocycles. The van der Waals surface area contributed by atoms with E-state index in [4.69, 9.17) is 4.74 Å². The van der Waals surface area contributed by atoms with E-state index in [2.05, 4.69) is 17.2 Å². The van der Waals surface area contributed by atoms with Crippen LogP contribution in [0.1, 0.15) is 41.4 Å². The molecule has 0 aromatic carbocycles. The average molecular weight is 311 g/mol. The quantitative estimate of drug-likeness (QED) is 0.873. The highest BCUT2D eigenvalue weighted by Gasteiger charge is 2.22. The van der Waals surface area contributed by atoms with E-state index in [1.165, 1.54) is 4.88 Å². The average Bonchev–Trinajstić information content (AvgIpc) is 3.06. The van der Waals surface area contributed by atoms with Crippen molar-refractivity contribution >= 4 is 17.2 Å². The molecule has 0 unspecified atom stereocenters. The first kappa shape index (κ1) is 16.4. The molecule has 1 N–H and O–H groups in total. The molecule has 5 nitrogen and oxygen atoms in total. The number of ether oxygens (including phenoxy) is 1. The van der Waals surface area contributed by atoms with Gasteiger partial charge in [-0.3, -0.25) is 4.79 Å². The van der Waals surface area contributed by atoms with Crippen LogP contribution in [0.25, 0.3) is 0 Å². The molecule has 1 aliphatic heterocycles. The van der Waals surface area contributed by atoms with Crippen LogP contribution >= 0.6 is 11.3 Å². The van der Waals surface area contributed by atoms with Gasteiger partial charge in [0, 0.05) is 25.1 Å². The number of carbonyl (C=O) groups is 1. The molecule has 1 amide bonds. The molecule has 6 heteroatoms. The molecule has 2 atom stereocenters. The van der Waals surface area contributed by atoms with E-state index < -0.39 is 0 Å². The molecule has 0 aliphatic carbocycles. The Morgan fingerprint density at radius 3 is 2.90 bits per heavy atom. The van der Waals surface area contributed by atoms with Crippen LogP contribution in [-0.2, 0) is 9.53 Å².